The summed E-state index contributed by atoms with van der Waals surface area (Å²) in [7, 11) is -1.51. The molecule has 0 saturated carbocycles. The Morgan fingerprint density at radius 3 is 2.00 bits per heavy atom. The molecule has 0 spiro atoms. The SMILES string of the molecule is CC[C@H](O[Si](CC)(CC)CC)[C@@H](C)C=CC[C@H](C)CO. The first-order valence-corrected chi connectivity index (χ1v) is 11.0. The van der Waals surface area contributed by atoms with Crippen molar-refractivity contribution in [1.82, 2.24) is 0 Å². The van der Waals surface area contributed by atoms with Gasteiger partial charge in [0, 0.05) is 6.61 Å². The minimum absolute atomic E-state index is 0.268. The van der Waals surface area contributed by atoms with E-state index in [0.29, 0.717) is 17.9 Å². The van der Waals surface area contributed by atoms with Crippen LogP contribution >= 0.6 is 0 Å². The molecule has 3 heteroatoms. The van der Waals surface area contributed by atoms with Gasteiger partial charge < -0.3 is 9.53 Å². The van der Waals surface area contributed by atoms with Gasteiger partial charge in [0.2, 0.25) is 0 Å². The molecule has 2 nitrogen and oxygen atoms in total. The molecule has 20 heavy (non-hydrogen) atoms. The van der Waals surface area contributed by atoms with Crippen LogP contribution in [-0.4, -0.2) is 26.1 Å². The fraction of sp³-hybridized carbons (Fsp3) is 0.882. The minimum atomic E-state index is -1.51. The van der Waals surface area contributed by atoms with Gasteiger partial charge in [0.05, 0.1) is 6.10 Å². The predicted octanol–water partition coefficient (Wildman–Crippen LogP) is 5.00. The second kappa shape index (κ2) is 10.6. The van der Waals surface area contributed by atoms with E-state index >= 15 is 0 Å². The lowest BCUT2D eigenvalue weighted by Gasteiger charge is -2.35. The molecule has 3 atom stereocenters. The Morgan fingerprint density at radius 1 is 1.05 bits per heavy atom. The Balaban J connectivity index is 4.58. The Labute approximate surface area is 127 Å². The van der Waals surface area contributed by atoms with Crippen LogP contribution in [0.1, 0.15) is 54.4 Å². The number of allylic oxidation sites excluding steroid dienone is 1. The zero-order valence-electron chi connectivity index (χ0n) is 14.5. The highest BCUT2D eigenvalue weighted by Crippen LogP contribution is 2.27. The zero-order chi connectivity index (χ0) is 15.6. The van der Waals surface area contributed by atoms with Crippen molar-refractivity contribution in [2.45, 2.75) is 78.6 Å². The molecule has 120 valence electrons. The average Bonchev–Trinajstić information content (AvgIpc) is 2.49. The lowest BCUT2D eigenvalue weighted by atomic mass is 10.0. The Morgan fingerprint density at radius 2 is 1.60 bits per heavy atom. The summed E-state index contributed by atoms with van der Waals surface area (Å²) >= 11 is 0. The lowest BCUT2D eigenvalue weighted by molar-refractivity contribution is 0.146. The third-order valence-electron chi connectivity index (χ3n) is 4.61. The highest BCUT2D eigenvalue weighted by atomic mass is 28.4. The Bertz CT molecular complexity index is 253. The number of aliphatic hydroxyl groups excluding tert-OH is 1. The van der Waals surface area contributed by atoms with Crippen LogP contribution in [0.15, 0.2) is 12.2 Å². The molecule has 0 amide bonds. The molecule has 0 fully saturated rings. The van der Waals surface area contributed by atoms with Gasteiger partial charge in [-0.2, -0.15) is 0 Å². The molecule has 1 N–H and O–H groups in total. The van der Waals surface area contributed by atoms with Gasteiger partial charge in [0.25, 0.3) is 0 Å². The number of hydrogen-bond donors (Lipinski definition) is 1. The third-order valence-corrected chi connectivity index (χ3v) is 9.28. The van der Waals surface area contributed by atoms with Crippen molar-refractivity contribution in [3.8, 4) is 0 Å². The van der Waals surface area contributed by atoms with Crippen molar-refractivity contribution in [1.29, 1.82) is 0 Å². The summed E-state index contributed by atoms with van der Waals surface area (Å²) in [5.74, 6) is 0.817. The normalized spacial score (nSPS) is 17.4. The van der Waals surface area contributed by atoms with E-state index < -0.39 is 8.32 Å². The fourth-order valence-electron chi connectivity index (χ4n) is 2.61. The molecular weight excluding hydrogens is 264 g/mol. The first kappa shape index (κ1) is 19.9. The maximum absolute atomic E-state index is 9.05. The van der Waals surface area contributed by atoms with E-state index in [1.165, 1.54) is 18.1 Å². The predicted molar refractivity (Wildman–Crippen MR) is 91.5 cm³/mol. The van der Waals surface area contributed by atoms with Gasteiger partial charge in [0.15, 0.2) is 8.32 Å². The second-order valence-electron chi connectivity index (χ2n) is 6.12. The molecule has 0 radical (unpaired) electrons. The van der Waals surface area contributed by atoms with Crippen LogP contribution < -0.4 is 0 Å². The van der Waals surface area contributed by atoms with Crippen LogP contribution in [0.3, 0.4) is 0 Å². The van der Waals surface area contributed by atoms with Gasteiger partial charge in [-0.1, -0.05) is 53.7 Å². The van der Waals surface area contributed by atoms with Crippen LogP contribution in [-0.2, 0) is 4.43 Å². The number of aliphatic hydroxyl groups is 1. The largest absolute Gasteiger partial charge is 0.413 e. The van der Waals surface area contributed by atoms with Crippen LogP contribution in [0.25, 0.3) is 0 Å². The van der Waals surface area contributed by atoms with Crippen molar-refractivity contribution in [2.24, 2.45) is 11.8 Å². The highest BCUT2D eigenvalue weighted by molar-refractivity contribution is 6.73. The van der Waals surface area contributed by atoms with Crippen molar-refractivity contribution in [3.05, 3.63) is 12.2 Å². The Hall–Kier alpha value is -0.123. The standard InChI is InChI=1S/C17H36O2Si/c1-7-17(19-20(8-2,9-3)10-4)16(6)13-11-12-15(5)14-18/h11,13,15-18H,7-10,12,14H2,1-6H3/t15-,16-,17-/m0/s1. The maximum Gasteiger partial charge on any atom is 0.192 e. The third kappa shape index (κ3) is 6.55. The van der Waals surface area contributed by atoms with Crippen molar-refractivity contribution >= 4 is 8.32 Å². The lowest BCUT2D eigenvalue weighted by Crippen LogP contribution is -2.41. The minimum Gasteiger partial charge on any atom is -0.413 e. The Kier molecular flexibility index (Phi) is 10.5. The van der Waals surface area contributed by atoms with E-state index in [2.05, 4.69) is 53.7 Å². The smallest absolute Gasteiger partial charge is 0.192 e. The average molecular weight is 301 g/mol. The van der Waals surface area contributed by atoms with E-state index in [-0.39, 0.29) is 6.61 Å². The van der Waals surface area contributed by atoms with Gasteiger partial charge in [-0.15, -0.1) is 0 Å². The first-order valence-electron chi connectivity index (χ1n) is 8.43. The highest BCUT2D eigenvalue weighted by Gasteiger charge is 2.32. The van der Waals surface area contributed by atoms with Crippen LogP contribution in [0.4, 0.5) is 0 Å². The van der Waals surface area contributed by atoms with Crippen LogP contribution in [0, 0.1) is 11.8 Å². The maximum atomic E-state index is 9.05. The molecule has 0 aromatic rings. The fourth-order valence-corrected chi connectivity index (χ4v) is 5.63. The summed E-state index contributed by atoms with van der Waals surface area (Å²) in [6.45, 7) is 13.7. The first-order chi connectivity index (χ1) is 9.48. The van der Waals surface area contributed by atoms with E-state index in [4.69, 9.17) is 9.53 Å². The molecule has 0 saturated heterocycles. The van der Waals surface area contributed by atoms with Gasteiger partial charge in [0.1, 0.15) is 0 Å². The molecule has 0 bridgehead atoms. The van der Waals surface area contributed by atoms with E-state index in [1.807, 2.05) is 0 Å². The summed E-state index contributed by atoms with van der Waals surface area (Å²) in [6.07, 6.45) is 6.87. The topological polar surface area (TPSA) is 29.5 Å². The van der Waals surface area contributed by atoms with Crippen LogP contribution in [0.2, 0.25) is 18.1 Å². The van der Waals surface area contributed by atoms with Gasteiger partial charge in [-0.3, -0.25) is 0 Å². The molecule has 0 aromatic carbocycles. The summed E-state index contributed by atoms with van der Waals surface area (Å²) in [6, 6.07) is 3.65. The zero-order valence-corrected chi connectivity index (χ0v) is 15.5. The van der Waals surface area contributed by atoms with Crippen molar-refractivity contribution in [2.75, 3.05) is 6.61 Å². The quantitative estimate of drug-likeness (QED) is 0.430. The van der Waals surface area contributed by atoms with Gasteiger partial charge in [-0.25, -0.2) is 0 Å². The van der Waals surface area contributed by atoms with E-state index in [0.717, 1.165) is 12.8 Å². The summed E-state index contributed by atoms with van der Waals surface area (Å²) < 4.78 is 6.62. The van der Waals surface area contributed by atoms with Crippen molar-refractivity contribution < 1.29 is 9.53 Å². The monoisotopic (exact) mass is 300 g/mol. The van der Waals surface area contributed by atoms with E-state index in [9.17, 15) is 0 Å². The number of hydrogen-bond acceptors (Lipinski definition) is 2. The molecule has 0 unspecified atom stereocenters. The molecular formula is C17H36O2Si. The summed E-state index contributed by atoms with van der Waals surface area (Å²) in [4.78, 5) is 0. The second-order valence-corrected chi connectivity index (χ2v) is 10.8. The number of rotatable bonds is 11. The molecule has 0 aliphatic rings. The van der Waals surface area contributed by atoms with Gasteiger partial charge in [-0.05, 0) is 42.8 Å². The summed E-state index contributed by atoms with van der Waals surface area (Å²) in [5.41, 5.74) is 0. The summed E-state index contributed by atoms with van der Waals surface area (Å²) in [5, 5.41) is 9.05. The molecule has 0 aromatic heterocycles. The van der Waals surface area contributed by atoms with Crippen LogP contribution in [0.5, 0.6) is 0 Å². The van der Waals surface area contributed by atoms with Crippen molar-refractivity contribution in [3.63, 3.8) is 0 Å². The molecule has 0 aliphatic carbocycles. The molecule has 0 rings (SSSR count). The van der Waals surface area contributed by atoms with E-state index in [1.54, 1.807) is 0 Å². The molecule has 0 heterocycles. The molecule has 0 aliphatic heterocycles. The van der Waals surface area contributed by atoms with Gasteiger partial charge >= 0.3 is 0 Å².